The SMILES string of the molecule is CCCCCCC(C)P(=O)(O)O.[CH2-]C(CC)CCCC.[Ni]. The molecule has 2 unspecified atom stereocenters. The Kier molecular flexibility index (Phi) is 21.5. The number of unbranched alkanes of at least 4 members (excludes halogenated alkanes) is 4. The molecule has 0 aliphatic carbocycles. The summed E-state index contributed by atoms with van der Waals surface area (Å²) in [5, 5.41) is 0. The molecule has 0 aromatic rings. The Hall–Kier alpha value is 0.644. The second kappa shape index (κ2) is 17.0. The summed E-state index contributed by atoms with van der Waals surface area (Å²) in [7, 11) is -3.81. The molecule has 0 spiro atoms. The van der Waals surface area contributed by atoms with E-state index >= 15 is 0 Å². The minimum absolute atomic E-state index is 0. The average molecular weight is 366 g/mol. The van der Waals surface area contributed by atoms with Gasteiger partial charge in [-0.05, 0) is 6.42 Å². The molecule has 0 aromatic heterocycles. The zero-order valence-electron chi connectivity index (χ0n) is 14.3. The molecular weight excluding hydrogens is 330 g/mol. The van der Waals surface area contributed by atoms with Crippen molar-refractivity contribution in [2.24, 2.45) is 5.92 Å². The van der Waals surface area contributed by atoms with Crippen LogP contribution in [0.5, 0.6) is 0 Å². The molecule has 2 atom stereocenters. The van der Waals surface area contributed by atoms with Crippen LogP contribution in [0.15, 0.2) is 0 Å². The first-order valence-corrected chi connectivity index (χ1v) is 9.85. The fourth-order valence-corrected chi connectivity index (χ4v) is 2.25. The van der Waals surface area contributed by atoms with Gasteiger partial charge < -0.3 is 16.7 Å². The van der Waals surface area contributed by atoms with E-state index in [-0.39, 0.29) is 16.5 Å². The maximum Gasteiger partial charge on any atom is 0.328 e. The molecular formula is C16H36NiO3P-. The molecule has 0 rings (SSSR count). The second-order valence-corrected chi connectivity index (χ2v) is 7.76. The number of rotatable bonds is 10. The van der Waals surface area contributed by atoms with Gasteiger partial charge in [0.05, 0.1) is 5.66 Å². The number of hydrogen-bond acceptors (Lipinski definition) is 1. The molecule has 5 heteroatoms. The van der Waals surface area contributed by atoms with Crippen molar-refractivity contribution < 1.29 is 30.8 Å². The van der Waals surface area contributed by atoms with Crippen LogP contribution in [0.2, 0.25) is 0 Å². The summed E-state index contributed by atoms with van der Waals surface area (Å²) >= 11 is 0. The van der Waals surface area contributed by atoms with Crippen molar-refractivity contribution in [1.29, 1.82) is 0 Å². The first-order valence-electron chi connectivity index (χ1n) is 8.17. The molecule has 0 amide bonds. The molecule has 2 N–H and O–H groups in total. The van der Waals surface area contributed by atoms with Gasteiger partial charge in [-0.25, -0.2) is 0 Å². The standard InChI is InChI=1S/C8H19O3P.C8H17.Ni/c1-3-4-5-6-7-8(2)12(9,10)11;1-4-6-7-8(3)5-2;/h8H,3-7H2,1-2H3,(H2,9,10,11);8H,3-7H2,1-2H3;/q;-1;. The molecule has 3 nitrogen and oxygen atoms in total. The topological polar surface area (TPSA) is 57.5 Å². The van der Waals surface area contributed by atoms with E-state index in [2.05, 4.69) is 27.7 Å². The summed E-state index contributed by atoms with van der Waals surface area (Å²) in [5.41, 5.74) is -0.464. The van der Waals surface area contributed by atoms with Gasteiger partial charge in [0.25, 0.3) is 0 Å². The Morgan fingerprint density at radius 1 is 0.952 bits per heavy atom. The maximum absolute atomic E-state index is 10.7. The summed E-state index contributed by atoms with van der Waals surface area (Å²) in [4.78, 5) is 17.5. The summed E-state index contributed by atoms with van der Waals surface area (Å²) in [5.74, 6) is 0.704. The van der Waals surface area contributed by atoms with Gasteiger partial charge in [-0.1, -0.05) is 79.1 Å². The minimum Gasteiger partial charge on any atom is -0.340 e. The molecule has 0 heterocycles. The van der Waals surface area contributed by atoms with Crippen molar-refractivity contribution in [2.75, 3.05) is 0 Å². The maximum atomic E-state index is 10.7. The molecule has 0 aromatic carbocycles. The average Bonchev–Trinajstić information content (AvgIpc) is 2.40. The first-order chi connectivity index (χ1) is 9.29. The van der Waals surface area contributed by atoms with Gasteiger partial charge in [-0.15, -0.1) is 0 Å². The third kappa shape index (κ3) is 20.6. The zero-order chi connectivity index (χ0) is 16.0. The van der Waals surface area contributed by atoms with Crippen LogP contribution in [-0.4, -0.2) is 15.4 Å². The van der Waals surface area contributed by atoms with Crippen molar-refractivity contribution in [3.63, 3.8) is 0 Å². The van der Waals surface area contributed by atoms with Crippen LogP contribution in [0.4, 0.5) is 0 Å². The molecule has 0 fully saturated rings. The van der Waals surface area contributed by atoms with E-state index in [4.69, 9.17) is 9.79 Å². The van der Waals surface area contributed by atoms with Crippen LogP contribution in [-0.2, 0) is 21.1 Å². The van der Waals surface area contributed by atoms with Crippen molar-refractivity contribution in [2.45, 2.75) is 91.1 Å². The monoisotopic (exact) mass is 365 g/mol. The Bertz CT molecular complexity index is 244. The largest absolute Gasteiger partial charge is 0.340 e. The van der Waals surface area contributed by atoms with Gasteiger partial charge in [-0.2, -0.15) is 5.92 Å². The molecule has 0 aliphatic heterocycles. The summed E-state index contributed by atoms with van der Waals surface area (Å²) in [6, 6.07) is 0. The summed E-state index contributed by atoms with van der Waals surface area (Å²) < 4.78 is 10.7. The van der Waals surface area contributed by atoms with Crippen LogP contribution in [0, 0.1) is 12.8 Å². The van der Waals surface area contributed by atoms with Gasteiger partial charge in [-0.3, -0.25) is 4.57 Å². The van der Waals surface area contributed by atoms with E-state index in [9.17, 15) is 4.57 Å². The Balaban J connectivity index is -0.000000317. The summed E-state index contributed by atoms with van der Waals surface area (Å²) in [6.07, 6.45) is 10.2. The third-order valence-electron chi connectivity index (χ3n) is 3.59. The molecule has 0 saturated heterocycles. The Morgan fingerprint density at radius 2 is 1.48 bits per heavy atom. The van der Waals surface area contributed by atoms with Crippen molar-refractivity contribution in [3.8, 4) is 0 Å². The van der Waals surface area contributed by atoms with E-state index in [0.717, 1.165) is 25.7 Å². The molecule has 134 valence electrons. The zero-order valence-corrected chi connectivity index (χ0v) is 16.2. The van der Waals surface area contributed by atoms with Crippen molar-refractivity contribution in [3.05, 3.63) is 6.92 Å². The predicted octanol–water partition coefficient (Wildman–Crippen LogP) is 5.56. The van der Waals surface area contributed by atoms with Gasteiger partial charge in [0.15, 0.2) is 0 Å². The van der Waals surface area contributed by atoms with Gasteiger partial charge in [0.1, 0.15) is 0 Å². The molecule has 0 bridgehead atoms. The van der Waals surface area contributed by atoms with Crippen LogP contribution >= 0.6 is 7.60 Å². The van der Waals surface area contributed by atoms with Gasteiger partial charge in [0.2, 0.25) is 0 Å². The predicted molar refractivity (Wildman–Crippen MR) is 88.9 cm³/mol. The first kappa shape index (κ1) is 26.5. The molecule has 0 saturated carbocycles. The smallest absolute Gasteiger partial charge is 0.328 e. The summed E-state index contributed by atoms with van der Waals surface area (Å²) in [6.45, 7) is 12.2. The van der Waals surface area contributed by atoms with Crippen molar-refractivity contribution >= 4 is 7.60 Å². The van der Waals surface area contributed by atoms with Crippen LogP contribution < -0.4 is 0 Å². The van der Waals surface area contributed by atoms with Gasteiger partial charge in [0, 0.05) is 16.5 Å². The quantitative estimate of drug-likeness (QED) is 0.230. The molecule has 21 heavy (non-hydrogen) atoms. The third-order valence-corrected chi connectivity index (χ3v) is 5.00. The van der Waals surface area contributed by atoms with E-state index < -0.39 is 13.3 Å². The fraction of sp³-hybridized carbons (Fsp3) is 0.938. The van der Waals surface area contributed by atoms with Crippen LogP contribution in [0.1, 0.15) is 85.5 Å². The molecule has 0 radical (unpaired) electrons. The van der Waals surface area contributed by atoms with Gasteiger partial charge >= 0.3 is 7.60 Å². The normalized spacial score (nSPS) is 13.7. The van der Waals surface area contributed by atoms with Crippen LogP contribution in [0.3, 0.4) is 0 Å². The number of hydrogen-bond donors (Lipinski definition) is 2. The molecule has 0 aliphatic rings. The van der Waals surface area contributed by atoms with E-state index in [1.54, 1.807) is 6.92 Å². The Morgan fingerprint density at radius 3 is 1.86 bits per heavy atom. The van der Waals surface area contributed by atoms with E-state index in [1.165, 1.54) is 25.7 Å². The minimum atomic E-state index is -3.81. The van der Waals surface area contributed by atoms with E-state index in [1.807, 2.05) is 0 Å². The fourth-order valence-electron chi connectivity index (χ4n) is 1.73. The van der Waals surface area contributed by atoms with Crippen LogP contribution in [0.25, 0.3) is 0 Å². The second-order valence-electron chi connectivity index (χ2n) is 5.70. The van der Waals surface area contributed by atoms with Crippen molar-refractivity contribution in [1.82, 2.24) is 0 Å². The Labute approximate surface area is 142 Å². The van der Waals surface area contributed by atoms with E-state index in [0.29, 0.717) is 12.3 Å².